The van der Waals surface area contributed by atoms with Crippen LogP contribution < -0.4 is 0 Å². The molecule has 0 aliphatic heterocycles. The van der Waals surface area contributed by atoms with Crippen LogP contribution in [0.4, 0.5) is 0 Å². The molecule has 32 heavy (non-hydrogen) atoms. The van der Waals surface area contributed by atoms with Gasteiger partial charge in [-0.05, 0) is 42.5 Å². The molecule has 0 radical (unpaired) electrons. The van der Waals surface area contributed by atoms with Gasteiger partial charge in [-0.15, -0.1) is 0 Å². The molecule has 0 saturated carbocycles. The summed E-state index contributed by atoms with van der Waals surface area (Å²) < 4.78 is 0. The van der Waals surface area contributed by atoms with Crippen molar-refractivity contribution in [1.82, 2.24) is 0 Å². The van der Waals surface area contributed by atoms with Gasteiger partial charge in [-0.1, -0.05) is 83.9 Å². The summed E-state index contributed by atoms with van der Waals surface area (Å²) in [4.78, 5) is 20.4. The molecule has 4 N–H and O–H groups in total. The molecule has 0 bridgehead atoms. The van der Waals surface area contributed by atoms with Gasteiger partial charge in [0.25, 0.3) is 0 Å². The Kier molecular flexibility index (Phi) is 13.2. The summed E-state index contributed by atoms with van der Waals surface area (Å²) in [6, 6.07) is 16.6. The molecule has 0 aliphatic carbocycles. The number of hydrogen-bond acceptors (Lipinski definition) is 4. The quantitative estimate of drug-likeness (QED) is 0.447. The molecule has 6 heteroatoms. The van der Waals surface area contributed by atoms with E-state index >= 15 is 0 Å². The third-order valence-corrected chi connectivity index (χ3v) is 4.74. The number of benzene rings is 2. The lowest BCUT2D eigenvalue weighted by molar-refractivity contribution is -0.129. The molecule has 2 aromatic carbocycles. The molecular weight excluding hydrogens is 408 g/mol. The van der Waals surface area contributed by atoms with Crippen molar-refractivity contribution in [3.05, 3.63) is 71.8 Å². The molecule has 0 aromatic heterocycles. The van der Waals surface area contributed by atoms with Crippen LogP contribution in [0.3, 0.4) is 0 Å². The Hall–Kier alpha value is -2.70. The zero-order valence-electron chi connectivity index (χ0n) is 19.8. The molecule has 0 saturated heterocycles. The molecule has 0 spiro atoms. The second-order valence-corrected chi connectivity index (χ2v) is 8.71. The largest absolute Gasteiger partial charge is 0.478 e. The first-order valence-corrected chi connectivity index (χ1v) is 10.9. The molecule has 0 heterocycles. The molecule has 0 amide bonds. The van der Waals surface area contributed by atoms with Crippen LogP contribution in [0, 0.1) is 5.41 Å². The average Bonchev–Trinajstić information content (AvgIpc) is 2.75. The zero-order chi connectivity index (χ0) is 24.8. The molecule has 1 unspecified atom stereocenters. The highest BCUT2D eigenvalue weighted by molar-refractivity contribution is 5.87. The van der Waals surface area contributed by atoms with E-state index in [0.29, 0.717) is 24.0 Å². The number of carboxylic acids is 2. The predicted molar refractivity (Wildman–Crippen MR) is 127 cm³/mol. The number of aliphatic hydroxyl groups excluding tert-OH is 1. The van der Waals surface area contributed by atoms with E-state index in [4.69, 9.17) is 10.2 Å². The number of carbonyl (C=O) groups is 2. The minimum absolute atomic E-state index is 0.251. The van der Waals surface area contributed by atoms with Crippen LogP contribution in [-0.4, -0.2) is 44.1 Å². The smallest absolute Gasteiger partial charge is 0.335 e. The predicted octanol–water partition coefficient (Wildman–Crippen LogP) is 5.49. The Morgan fingerprint density at radius 3 is 1.25 bits per heavy atom. The fraction of sp³-hybridized carbons (Fsp3) is 0.462. The second kappa shape index (κ2) is 14.4. The highest BCUT2D eigenvalue weighted by atomic mass is 16.4. The Bertz CT molecular complexity index is 725. The Balaban J connectivity index is 0.000000466. The highest BCUT2D eigenvalue weighted by Gasteiger charge is 2.40. The Morgan fingerprint density at radius 1 is 0.750 bits per heavy atom. The third kappa shape index (κ3) is 11.1. The maximum absolute atomic E-state index is 10.4. The topological polar surface area (TPSA) is 115 Å². The lowest BCUT2D eigenvalue weighted by Crippen LogP contribution is -2.49. The van der Waals surface area contributed by atoms with Gasteiger partial charge >= 0.3 is 11.9 Å². The van der Waals surface area contributed by atoms with Crippen LogP contribution in [0.5, 0.6) is 0 Å². The van der Waals surface area contributed by atoms with Gasteiger partial charge in [0.1, 0.15) is 0 Å². The number of hydrogen-bond donors (Lipinski definition) is 4. The van der Waals surface area contributed by atoms with Crippen LogP contribution >= 0.6 is 0 Å². The average molecular weight is 447 g/mol. The molecule has 0 fully saturated rings. The third-order valence-electron chi connectivity index (χ3n) is 4.74. The van der Waals surface area contributed by atoms with Crippen molar-refractivity contribution < 1.29 is 30.0 Å². The van der Waals surface area contributed by atoms with Crippen LogP contribution in [0.1, 0.15) is 81.0 Å². The van der Waals surface area contributed by atoms with Gasteiger partial charge in [0.15, 0.2) is 0 Å². The normalized spacial score (nSPS) is 11.8. The minimum Gasteiger partial charge on any atom is -0.478 e. The van der Waals surface area contributed by atoms with E-state index < -0.39 is 23.6 Å². The molecule has 178 valence electrons. The van der Waals surface area contributed by atoms with Gasteiger partial charge in [0.05, 0.1) is 22.8 Å². The summed E-state index contributed by atoms with van der Waals surface area (Å²) in [6.07, 6.45) is 2.53. The van der Waals surface area contributed by atoms with Gasteiger partial charge in [0.2, 0.25) is 0 Å². The van der Waals surface area contributed by atoms with Crippen LogP contribution in [0.2, 0.25) is 0 Å². The van der Waals surface area contributed by atoms with E-state index in [2.05, 4.69) is 0 Å². The molecule has 0 aliphatic rings. The molecule has 6 nitrogen and oxygen atoms in total. The van der Waals surface area contributed by atoms with Gasteiger partial charge in [-0.25, -0.2) is 9.59 Å². The van der Waals surface area contributed by atoms with Crippen molar-refractivity contribution in [2.24, 2.45) is 5.41 Å². The maximum atomic E-state index is 10.4. The molecule has 2 aromatic rings. The van der Waals surface area contributed by atoms with E-state index in [1.807, 2.05) is 34.6 Å². The number of rotatable bonds is 7. The van der Waals surface area contributed by atoms with Crippen molar-refractivity contribution in [1.29, 1.82) is 0 Å². The standard InChI is InChI=1S/C12H26O2.2C7H6O2/c1-6-8-12(14,9-7-2)10(13)11(3,4)5;2*8-7(9)6-4-2-1-3-5-6/h10,13-14H,6-9H2,1-5H3;2*1-5H,(H,8,9). The monoisotopic (exact) mass is 446 g/mol. The number of aliphatic hydroxyl groups is 2. The van der Waals surface area contributed by atoms with Gasteiger partial charge in [0, 0.05) is 0 Å². The maximum Gasteiger partial charge on any atom is 0.335 e. The van der Waals surface area contributed by atoms with Crippen molar-refractivity contribution in [2.45, 2.75) is 72.0 Å². The van der Waals surface area contributed by atoms with Crippen LogP contribution in [-0.2, 0) is 0 Å². The Labute approximate surface area is 191 Å². The lowest BCUT2D eigenvalue weighted by Gasteiger charge is -2.40. The van der Waals surface area contributed by atoms with E-state index in [1.54, 1.807) is 60.7 Å². The van der Waals surface area contributed by atoms with Crippen molar-refractivity contribution in [3.63, 3.8) is 0 Å². The summed E-state index contributed by atoms with van der Waals surface area (Å²) in [5.74, 6) is -1.76. The summed E-state index contributed by atoms with van der Waals surface area (Å²) >= 11 is 0. The van der Waals surface area contributed by atoms with Crippen LogP contribution in [0.25, 0.3) is 0 Å². The van der Waals surface area contributed by atoms with E-state index in [1.165, 1.54) is 0 Å². The van der Waals surface area contributed by atoms with E-state index in [-0.39, 0.29) is 5.41 Å². The summed E-state index contributed by atoms with van der Waals surface area (Å²) in [7, 11) is 0. The summed E-state index contributed by atoms with van der Waals surface area (Å²) in [5.41, 5.74) is -0.490. The van der Waals surface area contributed by atoms with Gasteiger partial charge in [-0.3, -0.25) is 0 Å². The van der Waals surface area contributed by atoms with Crippen molar-refractivity contribution >= 4 is 11.9 Å². The summed E-state index contributed by atoms with van der Waals surface area (Å²) in [5, 5.41) is 37.3. The van der Waals surface area contributed by atoms with Crippen LogP contribution in [0.15, 0.2) is 60.7 Å². The fourth-order valence-corrected chi connectivity index (χ4v) is 3.23. The van der Waals surface area contributed by atoms with Gasteiger partial charge in [-0.2, -0.15) is 0 Å². The van der Waals surface area contributed by atoms with Crippen molar-refractivity contribution in [3.8, 4) is 0 Å². The Morgan fingerprint density at radius 2 is 1.06 bits per heavy atom. The van der Waals surface area contributed by atoms with E-state index in [9.17, 15) is 19.8 Å². The first-order valence-electron chi connectivity index (χ1n) is 10.9. The first kappa shape index (κ1) is 29.3. The van der Waals surface area contributed by atoms with Gasteiger partial charge < -0.3 is 20.4 Å². The van der Waals surface area contributed by atoms with E-state index in [0.717, 1.165) is 12.8 Å². The summed E-state index contributed by atoms with van der Waals surface area (Å²) in [6.45, 7) is 9.97. The molecule has 1 atom stereocenters. The number of carboxylic acid groups (broad SMARTS) is 2. The first-order chi connectivity index (χ1) is 14.9. The fourth-order valence-electron chi connectivity index (χ4n) is 3.23. The number of aromatic carboxylic acids is 2. The SMILES string of the molecule is CCCC(O)(CCC)C(O)C(C)(C)C.O=C(O)c1ccccc1.O=C(O)c1ccccc1. The zero-order valence-corrected chi connectivity index (χ0v) is 19.8. The lowest BCUT2D eigenvalue weighted by atomic mass is 9.74. The molecule has 2 rings (SSSR count). The highest BCUT2D eigenvalue weighted by Crippen LogP contribution is 2.34. The second-order valence-electron chi connectivity index (χ2n) is 8.71. The van der Waals surface area contributed by atoms with Crippen molar-refractivity contribution in [2.75, 3.05) is 0 Å². The minimum atomic E-state index is -0.901. The molecular formula is C26H38O6.